The van der Waals surface area contributed by atoms with E-state index in [4.69, 9.17) is 4.52 Å². The first-order valence-electron chi connectivity index (χ1n) is 10.7. The van der Waals surface area contributed by atoms with Crippen LogP contribution in [0, 0.1) is 6.92 Å². The molecule has 0 unspecified atom stereocenters. The summed E-state index contributed by atoms with van der Waals surface area (Å²) in [6.07, 6.45) is 1.53. The number of nitrogens with zero attached hydrogens (tertiary/aromatic N) is 3. The largest absolute Gasteiger partial charge is 0.360 e. The predicted octanol–water partition coefficient (Wildman–Crippen LogP) is 3.35. The SMILES string of the molecule is Cc1cc(CN2CCN(C(=O)c3ccc(NS(=O)(=O)/C=C/c4ccccc4)cc3)CC2)on1. The monoisotopic (exact) mass is 466 g/mol. The van der Waals surface area contributed by atoms with Crippen molar-refractivity contribution in [3.8, 4) is 0 Å². The molecule has 1 N–H and O–H groups in total. The van der Waals surface area contributed by atoms with Crippen molar-refractivity contribution in [1.82, 2.24) is 15.0 Å². The number of anilines is 1. The van der Waals surface area contributed by atoms with E-state index in [1.165, 1.54) is 6.08 Å². The molecule has 1 amide bonds. The van der Waals surface area contributed by atoms with E-state index < -0.39 is 10.0 Å². The van der Waals surface area contributed by atoms with E-state index in [1.54, 1.807) is 24.3 Å². The van der Waals surface area contributed by atoms with Crippen molar-refractivity contribution >= 4 is 27.7 Å². The molecule has 8 nitrogen and oxygen atoms in total. The average Bonchev–Trinajstić information content (AvgIpc) is 3.23. The zero-order valence-electron chi connectivity index (χ0n) is 18.3. The summed E-state index contributed by atoms with van der Waals surface area (Å²) in [6.45, 7) is 5.29. The maximum Gasteiger partial charge on any atom is 0.255 e. The lowest BCUT2D eigenvalue weighted by Crippen LogP contribution is -2.48. The highest BCUT2D eigenvalue weighted by Gasteiger charge is 2.23. The van der Waals surface area contributed by atoms with Gasteiger partial charge in [0, 0.05) is 43.5 Å². The van der Waals surface area contributed by atoms with E-state index in [0.717, 1.165) is 35.5 Å². The van der Waals surface area contributed by atoms with Crippen molar-refractivity contribution in [2.75, 3.05) is 30.9 Å². The van der Waals surface area contributed by atoms with Gasteiger partial charge in [-0.05, 0) is 42.8 Å². The molecule has 2 aromatic carbocycles. The fraction of sp³-hybridized carbons (Fsp3) is 0.250. The Morgan fingerprint density at radius 1 is 1.06 bits per heavy atom. The zero-order valence-corrected chi connectivity index (χ0v) is 19.2. The first-order valence-corrected chi connectivity index (χ1v) is 12.2. The van der Waals surface area contributed by atoms with Gasteiger partial charge in [0.25, 0.3) is 15.9 Å². The molecule has 2 heterocycles. The number of nitrogens with one attached hydrogen (secondary N) is 1. The van der Waals surface area contributed by atoms with Crippen molar-refractivity contribution in [2.24, 2.45) is 0 Å². The Morgan fingerprint density at radius 2 is 1.76 bits per heavy atom. The van der Waals surface area contributed by atoms with Crippen molar-refractivity contribution in [2.45, 2.75) is 13.5 Å². The van der Waals surface area contributed by atoms with Gasteiger partial charge < -0.3 is 9.42 Å². The number of hydrogen-bond donors (Lipinski definition) is 1. The lowest BCUT2D eigenvalue weighted by molar-refractivity contribution is 0.0617. The van der Waals surface area contributed by atoms with Crippen LogP contribution in [-0.2, 0) is 16.6 Å². The lowest BCUT2D eigenvalue weighted by atomic mass is 10.1. The quantitative estimate of drug-likeness (QED) is 0.574. The number of piperazine rings is 1. The molecule has 9 heteroatoms. The average molecular weight is 467 g/mol. The Bertz CT molecular complexity index is 1210. The van der Waals surface area contributed by atoms with Gasteiger partial charge in [-0.1, -0.05) is 35.5 Å². The summed E-state index contributed by atoms with van der Waals surface area (Å²) in [6, 6.07) is 17.6. The van der Waals surface area contributed by atoms with Gasteiger partial charge in [-0.3, -0.25) is 14.4 Å². The van der Waals surface area contributed by atoms with E-state index in [0.29, 0.717) is 30.9 Å². The van der Waals surface area contributed by atoms with E-state index in [9.17, 15) is 13.2 Å². The van der Waals surface area contributed by atoms with Crippen LogP contribution in [0.15, 0.2) is 70.6 Å². The van der Waals surface area contributed by atoms with Gasteiger partial charge in [-0.25, -0.2) is 8.42 Å². The molecule has 0 bridgehead atoms. The highest BCUT2D eigenvalue weighted by Crippen LogP contribution is 2.16. The van der Waals surface area contributed by atoms with E-state index in [2.05, 4.69) is 14.8 Å². The van der Waals surface area contributed by atoms with E-state index in [-0.39, 0.29) is 5.91 Å². The normalized spacial score (nSPS) is 15.1. The molecule has 0 atom stereocenters. The smallest absolute Gasteiger partial charge is 0.255 e. The Balaban J connectivity index is 1.30. The minimum absolute atomic E-state index is 0.0662. The molecule has 1 fully saturated rings. The highest BCUT2D eigenvalue weighted by molar-refractivity contribution is 7.95. The topological polar surface area (TPSA) is 95.8 Å². The van der Waals surface area contributed by atoms with Crippen LogP contribution in [0.5, 0.6) is 0 Å². The number of carbonyl (C=O) groups excluding carboxylic acids is 1. The molecule has 4 rings (SSSR count). The second-order valence-electron chi connectivity index (χ2n) is 7.94. The van der Waals surface area contributed by atoms with Crippen molar-refractivity contribution in [3.63, 3.8) is 0 Å². The minimum Gasteiger partial charge on any atom is -0.360 e. The molecule has 33 heavy (non-hydrogen) atoms. The number of amides is 1. The second-order valence-corrected chi connectivity index (χ2v) is 9.51. The second kappa shape index (κ2) is 10.0. The summed E-state index contributed by atoms with van der Waals surface area (Å²) in [7, 11) is -3.66. The number of sulfonamides is 1. The molecule has 1 aromatic heterocycles. The first kappa shape index (κ1) is 22.8. The fourth-order valence-corrected chi connectivity index (χ4v) is 4.48. The van der Waals surface area contributed by atoms with Crippen LogP contribution in [-0.4, -0.2) is 55.5 Å². The summed E-state index contributed by atoms with van der Waals surface area (Å²) in [5.41, 5.74) is 2.57. The molecular weight excluding hydrogens is 440 g/mol. The zero-order chi connectivity index (χ0) is 23.3. The third-order valence-electron chi connectivity index (χ3n) is 5.35. The molecule has 1 aliphatic heterocycles. The highest BCUT2D eigenvalue weighted by atomic mass is 32.2. The summed E-state index contributed by atoms with van der Waals surface area (Å²) in [5, 5.41) is 5.03. The molecule has 1 saturated heterocycles. The number of carbonyl (C=O) groups is 1. The minimum atomic E-state index is -3.66. The van der Waals surface area contributed by atoms with Crippen LogP contribution in [0.1, 0.15) is 27.4 Å². The molecule has 1 aliphatic rings. The van der Waals surface area contributed by atoms with Gasteiger partial charge in [-0.15, -0.1) is 0 Å². The van der Waals surface area contributed by atoms with Gasteiger partial charge in [-0.2, -0.15) is 0 Å². The molecule has 172 valence electrons. The Labute approximate surface area is 193 Å². The maximum atomic E-state index is 12.9. The van der Waals surface area contributed by atoms with Gasteiger partial charge in [0.05, 0.1) is 17.6 Å². The predicted molar refractivity (Wildman–Crippen MR) is 127 cm³/mol. The molecule has 0 saturated carbocycles. The van der Waals surface area contributed by atoms with E-state index >= 15 is 0 Å². The molecule has 0 spiro atoms. The number of aromatic nitrogens is 1. The number of benzene rings is 2. The first-order chi connectivity index (χ1) is 15.9. The third kappa shape index (κ3) is 6.30. The molecule has 3 aromatic rings. The van der Waals surface area contributed by atoms with E-state index in [1.807, 2.05) is 48.2 Å². The maximum absolute atomic E-state index is 12.9. The number of hydrogen-bond acceptors (Lipinski definition) is 6. The van der Waals surface area contributed by atoms with Crippen molar-refractivity contribution in [3.05, 3.63) is 88.7 Å². The van der Waals surface area contributed by atoms with Gasteiger partial charge in [0.15, 0.2) is 5.76 Å². The standard InChI is InChI=1S/C24H26N4O4S/c1-19-17-23(32-25-19)18-27-12-14-28(15-13-27)24(29)21-7-9-22(10-8-21)26-33(30,31)16-11-20-5-3-2-4-6-20/h2-11,16-17,26H,12-15,18H2,1H3/b16-11+. The van der Waals surface area contributed by atoms with Crippen LogP contribution in [0.4, 0.5) is 5.69 Å². The number of rotatable bonds is 7. The summed E-state index contributed by atoms with van der Waals surface area (Å²) < 4.78 is 32.4. The Hall–Kier alpha value is -3.43. The molecular formula is C24H26N4O4S. The third-order valence-corrected chi connectivity index (χ3v) is 6.36. The van der Waals surface area contributed by atoms with Crippen molar-refractivity contribution < 1.29 is 17.7 Å². The summed E-state index contributed by atoms with van der Waals surface area (Å²) in [4.78, 5) is 16.9. The summed E-state index contributed by atoms with van der Waals surface area (Å²) >= 11 is 0. The molecule has 0 radical (unpaired) electrons. The summed E-state index contributed by atoms with van der Waals surface area (Å²) in [5.74, 6) is 0.757. The van der Waals surface area contributed by atoms with Crippen LogP contribution >= 0.6 is 0 Å². The lowest BCUT2D eigenvalue weighted by Gasteiger charge is -2.34. The van der Waals surface area contributed by atoms with Gasteiger partial charge in [0.1, 0.15) is 0 Å². The van der Waals surface area contributed by atoms with Gasteiger partial charge >= 0.3 is 0 Å². The fourth-order valence-electron chi connectivity index (χ4n) is 3.61. The van der Waals surface area contributed by atoms with Crippen LogP contribution in [0.3, 0.4) is 0 Å². The Kier molecular flexibility index (Phi) is 6.90. The number of aryl methyl sites for hydroxylation is 1. The van der Waals surface area contributed by atoms with Crippen LogP contribution in [0.25, 0.3) is 6.08 Å². The van der Waals surface area contributed by atoms with Crippen LogP contribution < -0.4 is 4.72 Å². The molecule has 0 aliphatic carbocycles. The van der Waals surface area contributed by atoms with Gasteiger partial charge in [0.2, 0.25) is 0 Å². The van der Waals surface area contributed by atoms with Crippen LogP contribution in [0.2, 0.25) is 0 Å². The van der Waals surface area contributed by atoms with Crippen molar-refractivity contribution in [1.29, 1.82) is 0 Å². The Morgan fingerprint density at radius 3 is 2.39 bits per heavy atom.